The van der Waals surface area contributed by atoms with Crippen LogP contribution in [-0.2, 0) is 18.6 Å². The van der Waals surface area contributed by atoms with Crippen LogP contribution in [0.3, 0.4) is 0 Å². The van der Waals surface area contributed by atoms with Crippen LogP contribution in [-0.4, -0.2) is 0 Å². The summed E-state index contributed by atoms with van der Waals surface area (Å²) in [5.74, 6) is 1.62. The third kappa shape index (κ3) is 3.81. The van der Waals surface area contributed by atoms with E-state index in [0.717, 1.165) is 11.8 Å². The van der Waals surface area contributed by atoms with Crippen LogP contribution >= 0.6 is 0 Å². The van der Waals surface area contributed by atoms with Gasteiger partial charge in [-0.05, 0) is 18.3 Å². The first-order valence-electron chi connectivity index (χ1n) is 6.95. The van der Waals surface area contributed by atoms with Gasteiger partial charge in [-0.15, -0.1) is 0 Å². The Hall–Kier alpha value is -1.39. The minimum absolute atomic E-state index is 0.0186. The van der Waals surface area contributed by atoms with Crippen molar-refractivity contribution >= 4 is 7.91 Å². The first-order chi connectivity index (χ1) is 9.90. The molecule has 0 aromatic heterocycles. The number of allylic oxidation sites excluding steroid dienone is 4. The summed E-state index contributed by atoms with van der Waals surface area (Å²) in [5, 5.41) is 0. The number of hydrogen-bond donors (Lipinski definition) is 0. The fraction of sp³-hybridized carbons (Fsp3) is 0.158. The van der Waals surface area contributed by atoms with E-state index >= 15 is 0 Å². The van der Waals surface area contributed by atoms with Crippen LogP contribution in [0.1, 0.15) is 6.42 Å². The molecule has 0 spiro atoms. The molecule has 0 saturated heterocycles. The Morgan fingerprint density at radius 1 is 0.600 bits per heavy atom. The number of hydrogen-bond acceptors (Lipinski definition) is 0. The summed E-state index contributed by atoms with van der Waals surface area (Å²) < 4.78 is 2.96. The van der Waals surface area contributed by atoms with Gasteiger partial charge in [0.05, 0.1) is 0 Å². The second-order valence-corrected chi connectivity index (χ2v) is 8.12. The number of fused-ring (bicyclic) bond motifs is 2. The molecule has 0 amide bonds. The third-order valence-electron chi connectivity index (χ3n) is 3.36. The van der Waals surface area contributed by atoms with E-state index in [2.05, 4.69) is 85.0 Å². The Morgan fingerprint density at radius 3 is 1.30 bits per heavy atom. The fourth-order valence-electron chi connectivity index (χ4n) is 2.34. The summed E-state index contributed by atoms with van der Waals surface area (Å²) in [6.45, 7) is 0. The predicted molar refractivity (Wildman–Crippen MR) is 82.0 cm³/mol. The Morgan fingerprint density at radius 2 is 1.00 bits per heavy atom. The molecular formula is C19H18Pt. The average molecular weight is 441 g/mol. The van der Waals surface area contributed by atoms with E-state index in [1.54, 1.807) is 0 Å². The molecular weight excluding hydrogens is 423 g/mol. The standard InChI is InChI=1S/C7H8.2C6H5.Pt/c1-2-7-4-3-6(1)5-7;2*1-2-4-6-5-3-1;/h1-4,6-7H,5H2;2*1-5H;. The molecule has 20 heavy (non-hydrogen) atoms. The van der Waals surface area contributed by atoms with E-state index in [1.807, 2.05) is 0 Å². The molecule has 104 valence electrons. The van der Waals surface area contributed by atoms with Crippen molar-refractivity contribution in [1.29, 1.82) is 0 Å². The first kappa shape index (κ1) is 13.6. The minimum atomic E-state index is 0.0186. The van der Waals surface area contributed by atoms with Crippen LogP contribution in [0.2, 0.25) is 0 Å². The normalized spacial score (nSPS) is 21.8. The first-order valence-corrected chi connectivity index (χ1v) is 9.23. The van der Waals surface area contributed by atoms with Crippen LogP contribution in [0.5, 0.6) is 0 Å². The van der Waals surface area contributed by atoms with Crippen molar-refractivity contribution in [3.8, 4) is 0 Å². The molecule has 0 atom stereocenters. The van der Waals surface area contributed by atoms with E-state index < -0.39 is 0 Å². The molecule has 4 rings (SSSR count). The van der Waals surface area contributed by atoms with Crippen molar-refractivity contribution in [3.63, 3.8) is 0 Å². The summed E-state index contributed by atoms with van der Waals surface area (Å²) in [5.41, 5.74) is 0. The molecule has 2 aromatic rings. The topological polar surface area (TPSA) is 0 Å². The Kier molecular flexibility index (Phi) is 4.66. The maximum absolute atomic E-state index is 2.30. The second kappa shape index (κ2) is 6.86. The zero-order chi connectivity index (χ0) is 13.6. The van der Waals surface area contributed by atoms with Crippen LogP contribution in [0, 0.1) is 11.8 Å². The maximum atomic E-state index is 2.30. The van der Waals surface area contributed by atoms with Gasteiger partial charge in [-0.1, -0.05) is 24.3 Å². The van der Waals surface area contributed by atoms with Gasteiger partial charge in [0.1, 0.15) is 0 Å². The van der Waals surface area contributed by atoms with Gasteiger partial charge < -0.3 is 0 Å². The predicted octanol–water partition coefficient (Wildman–Crippen LogP) is 3.47. The Labute approximate surface area is 129 Å². The SMILES string of the molecule is C1=CC2C=CC1C2.c1cc[c]([Pt][c]2ccccc2)cc1. The molecule has 2 bridgehead atoms. The van der Waals surface area contributed by atoms with Gasteiger partial charge in [0.25, 0.3) is 0 Å². The van der Waals surface area contributed by atoms with Gasteiger partial charge >= 0.3 is 87.1 Å². The van der Waals surface area contributed by atoms with E-state index in [9.17, 15) is 0 Å². The zero-order valence-electron chi connectivity index (χ0n) is 11.3. The van der Waals surface area contributed by atoms with E-state index in [1.165, 1.54) is 14.3 Å². The van der Waals surface area contributed by atoms with Crippen molar-refractivity contribution in [1.82, 2.24) is 0 Å². The fourth-order valence-corrected chi connectivity index (χ4v) is 4.73. The quantitative estimate of drug-likeness (QED) is 0.627. The van der Waals surface area contributed by atoms with Crippen LogP contribution in [0.15, 0.2) is 85.0 Å². The number of rotatable bonds is 2. The monoisotopic (exact) mass is 441 g/mol. The van der Waals surface area contributed by atoms with Gasteiger partial charge in [-0.3, -0.25) is 0 Å². The molecule has 2 aliphatic rings. The summed E-state index contributed by atoms with van der Waals surface area (Å²) in [6, 6.07) is 21.4. The summed E-state index contributed by atoms with van der Waals surface area (Å²) in [6.07, 6.45) is 10.5. The molecule has 0 aliphatic heterocycles. The van der Waals surface area contributed by atoms with Crippen LogP contribution in [0.25, 0.3) is 0 Å². The molecule has 0 radical (unpaired) electrons. The van der Waals surface area contributed by atoms with E-state index in [-0.39, 0.29) is 18.6 Å². The van der Waals surface area contributed by atoms with Gasteiger partial charge in [0.2, 0.25) is 0 Å². The van der Waals surface area contributed by atoms with Crippen molar-refractivity contribution in [3.05, 3.63) is 85.0 Å². The van der Waals surface area contributed by atoms with E-state index in [0.29, 0.717) is 0 Å². The van der Waals surface area contributed by atoms with Gasteiger partial charge in [-0.25, -0.2) is 0 Å². The van der Waals surface area contributed by atoms with Crippen LogP contribution in [0.4, 0.5) is 0 Å². The average Bonchev–Trinajstić information content (AvgIpc) is 3.15. The Bertz CT molecular complexity index is 518. The van der Waals surface area contributed by atoms with Crippen molar-refractivity contribution in [2.75, 3.05) is 0 Å². The molecule has 0 N–H and O–H groups in total. The molecule has 2 aromatic carbocycles. The van der Waals surface area contributed by atoms with Crippen molar-refractivity contribution in [2.45, 2.75) is 6.42 Å². The zero-order valence-corrected chi connectivity index (χ0v) is 13.5. The van der Waals surface area contributed by atoms with Gasteiger partial charge in [0.15, 0.2) is 0 Å². The summed E-state index contributed by atoms with van der Waals surface area (Å²) >= 11 is 0.0186. The molecule has 0 nitrogen and oxygen atoms in total. The third-order valence-corrected chi connectivity index (χ3v) is 6.19. The molecule has 0 fully saturated rings. The molecule has 1 heteroatoms. The molecule has 0 heterocycles. The van der Waals surface area contributed by atoms with Crippen molar-refractivity contribution in [2.24, 2.45) is 11.8 Å². The van der Waals surface area contributed by atoms with Gasteiger partial charge in [0, 0.05) is 0 Å². The number of benzene rings is 2. The molecule has 0 unspecified atom stereocenters. The van der Waals surface area contributed by atoms with Crippen molar-refractivity contribution < 1.29 is 18.6 Å². The van der Waals surface area contributed by atoms with Crippen LogP contribution < -0.4 is 7.91 Å². The Balaban J connectivity index is 0.000000144. The van der Waals surface area contributed by atoms with Gasteiger partial charge in [-0.2, -0.15) is 0 Å². The van der Waals surface area contributed by atoms with E-state index in [4.69, 9.17) is 0 Å². The summed E-state index contributed by atoms with van der Waals surface area (Å²) in [7, 11) is 0. The molecule has 0 saturated carbocycles. The second-order valence-electron chi connectivity index (χ2n) is 4.93. The summed E-state index contributed by atoms with van der Waals surface area (Å²) in [4.78, 5) is 0. The molecule has 2 aliphatic carbocycles.